The van der Waals surface area contributed by atoms with Crippen molar-refractivity contribution < 1.29 is 19.2 Å². The van der Waals surface area contributed by atoms with Crippen LogP contribution in [0.2, 0.25) is 0 Å². The van der Waals surface area contributed by atoms with Gasteiger partial charge in [0.1, 0.15) is 5.76 Å². The third kappa shape index (κ3) is 3.48. The van der Waals surface area contributed by atoms with Crippen LogP contribution in [0.4, 0.5) is 0 Å². The molecule has 0 bridgehead atoms. The lowest BCUT2D eigenvalue weighted by atomic mass is 9.88. The summed E-state index contributed by atoms with van der Waals surface area (Å²) in [5, 5.41) is 13.0. The van der Waals surface area contributed by atoms with Gasteiger partial charge in [-0.2, -0.15) is 0 Å². The lowest BCUT2D eigenvalue weighted by molar-refractivity contribution is 0.0680. The van der Waals surface area contributed by atoms with Gasteiger partial charge in [-0.1, -0.05) is 23.4 Å². The molecule has 6 heteroatoms. The highest BCUT2D eigenvalue weighted by Crippen LogP contribution is 2.24. The van der Waals surface area contributed by atoms with Crippen LogP contribution in [-0.4, -0.2) is 40.1 Å². The van der Waals surface area contributed by atoms with E-state index in [0.717, 1.165) is 24.8 Å². The first-order valence-corrected chi connectivity index (χ1v) is 8.08. The zero-order valence-electron chi connectivity index (χ0n) is 13.6. The standard InChI is InChI=1S/C18H20N2O4/c1-12-10-16(19-24-12)17(21)20-8-6-13(7-9-20)11-14-4-2-3-5-15(14)18(22)23/h2-5,10,13H,6-9,11H2,1H3,(H,22,23). The van der Waals surface area contributed by atoms with Gasteiger partial charge in [0.25, 0.3) is 5.91 Å². The van der Waals surface area contributed by atoms with E-state index in [-0.39, 0.29) is 5.91 Å². The maximum Gasteiger partial charge on any atom is 0.335 e. The summed E-state index contributed by atoms with van der Waals surface area (Å²) in [6, 6.07) is 8.78. The number of carbonyl (C=O) groups is 2. The number of carboxylic acids is 1. The van der Waals surface area contributed by atoms with Crippen molar-refractivity contribution in [3.05, 3.63) is 52.9 Å². The third-order valence-electron chi connectivity index (χ3n) is 4.51. The lowest BCUT2D eigenvalue weighted by Crippen LogP contribution is -2.39. The molecular formula is C18H20N2O4. The van der Waals surface area contributed by atoms with Gasteiger partial charge >= 0.3 is 5.97 Å². The zero-order chi connectivity index (χ0) is 17.1. The zero-order valence-corrected chi connectivity index (χ0v) is 13.6. The predicted octanol–water partition coefficient (Wildman–Crippen LogP) is 2.78. The minimum Gasteiger partial charge on any atom is -0.478 e. The van der Waals surface area contributed by atoms with Gasteiger partial charge in [0.05, 0.1) is 5.56 Å². The summed E-state index contributed by atoms with van der Waals surface area (Å²) in [5.41, 5.74) is 1.58. The maximum absolute atomic E-state index is 12.3. The molecule has 0 saturated carbocycles. The van der Waals surface area contributed by atoms with E-state index in [4.69, 9.17) is 4.52 Å². The molecule has 0 unspecified atom stereocenters. The molecule has 24 heavy (non-hydrogen) atoms. The van der Waals surface area contributed by atoms with E-state index >= 15 is 0 Å². The molecule has 3 rings (SSSR count). The molecule has 1 saturated heterocycles. The molecule has 2 aromatic rings. The van der Waals surface area contributed by atoms with Gasteiger partial charge in [0.15, 0.2) is 5.69 Å². The Morgan fingerprint density at radius 3 is 2.62 bits per heavy atom. The van der Waals surface area contributed by atoms with Crippen LogP contribution in [0.1, 0.15) is 45.0 Å². The third-order valence-corrected chi connectivity index (χ3v) is 4.51. The van der Waals surface area contributed by atoms with Crippen LogP contribution in [0, 0.1) is 12.8 Å². The summed E-state index contributed by atoms with van der Waals surface area (Å²) >= 11 is 0. The second-order valence-corrected chi connectivity index (χ2v) is 6.22. The number of hydrogen-bond acceptors (Lipinski definition) is 4. The molecule has 1 N–H and O–H groups in total. The highest BCUT2D eigenvalue weighted by molar-refractivity contribution is 5.92. The summed E-state index contributed by atoms with van der Waals surface area (Å²) in [4.78, 5) is 25.4. The Morgan fingerprint density at radius 2 is 2.00 bits per heavy atom. The molecule has 1 aromatic heterocycles. The number of carboxylic acid groups (broad SMARTS) is 1. The largest absolute Gasteiger partial charge is 0.478 e. The number of carbonyl (C=O) groups excluding carboxylic acids is 1. The van der Waals surface area contributed by atoms with Gasteiger partial charge < -0.3 is 14.5 Å². The molecule has 126 valence electrons. The van der Waals surface area contributed by atoms with Gasteiger partial charge in [-0.15, -0.1) is 0 Å². The van der Waals surface area contributed by atoms with E-state index in [9.17, 15) is 14.7 Å². The Morgan fingerprint density at radius 1 is 1.29 bits per heavy atom. The predicted molar refractivity (Wildman–Crippen MR) is 87.0 cm³/mol. The van der Waals surface area contributed by atoms with Crippen LogP contribution in [0.5, 0.6) is 0 Å². The Labute approximate surface area is 140 Å². The molecule has 1 aliphatic rings. The Balaban J connectivity index is 1.60. The molecule has 0 atom stereocenters. The molecule has 0 radical (unpaired) electrons. The molecule has 0 spiro atoms. The minimum atomic E-state index is -0.889. The first kappa shape index (κ1) is 16.2. The fraction of sp³-hybridized carbons (Fsp3) is 0.389. The van der Waals surface area contributed by atoms with Gasteiger partial charge in [-0.3, -0.25) is 4.79 Å². The summed E-state index contributed by atoms with van der Waals surface area (Å²) in [6.07, 6.45) is 2.45. The maximum atomic E-state index is 12.3. The number of piperidine rings is 1. The summed E-state index contributed by atoms with van der Waals surface area (Å²) < 4.78 is 4.96. The number of rotatable bonds is 4. The minimum absolute atomic E-state index is 0.101. The average molecular weight is 328 g/mol. The van der Waals surface area contributed by atoms with Crippen molar-refractivity contribution in [1.82, 2.24) is 10.1 Å². The van der Waals surface area contributed by atoms with Crippen molar-refractivity contribution in [2.75, 3.05) is 13.1 Å². The van der Waals surface area contributed by atoms with E-state index in [1.54, 1.807) is 30.0 Å². The highest BCUT2D eigenvalue weighted by Gasteiger charge is 2.26. The monoisotopic (exact) mass is 328 g/mol. The van der Waals surface area contributed by atoms with Crippen LogP contribution in [-0.2, 0) is 6.42 Å². The molecule has 1 aromatic carbocycles. The van der Waals surface area contributed by atoms with E-state index in [2.05, 4.69) is 5.16 Å². The Bertz CT molecular complexity index is 745. The smallest absolute Gasteiger partial charge is 0.335 e. The van der Waals surface area contributed by atoms with Crippen molar-refractivity contribution in [2.45, 2.75) is 26.2 Å². The molecule has 1 fully saturated rings. The second kappa shape index (κ2) is 6.86. The van der Waals surface area contributed by atoms with Gasteiger partial charge in [-0.05, 0) is 43.7 Å². The first-order valence-electron chi connectivity index (χ1n) is 8.08. The summed E-state index contributed by atoms with van der Waals surface area (Å²) in [6.45, 7) is 3.07. The van der Waals surface area contributed by atoms with Crippen LogP contribution in [0.25, 0.3) is 0 Å². The number of benzene rings is 1. The summed E-state index contributed by atoms with van der Waals surface area (Å²) in [7, 11) is 0. The van der Waals surface area contributed by atoms with E-state index < -0.39 is 5.97 Å². The van der Waals surface area contributed by atoms with Gasteiger partial charge in [0, 0.05) is 19.2 Å². The Hall–Kier alpha value is -2.63. The van der Waals surface area contributed by atoms with Crippen LogP contribution >= 0.6 is 0 Å². The topological polar surface area (TPSA) is 83.6 Å². The van der Waals surface area contributed by atoms with E-state index in [1.165, 1.54) is 0 Å². The van der Waals surface area contributed by atoms with Crippen LogP contribution in [0.3, 0.4) is 0 Å². The number of aryl methyl sites for hydroxylation is 1. The first-order chi connectivity index (χ1) is 11.5. The number of amides is 1. The molecule has 6 nitrogen and oxygen atoms in total. The molecule has 0 aliphatic carbocycles. The Kier molecular flexibility index (Phi) is 4.64. The fourth-order valence-corrected chi connectivity index (χ4v) is 3.19. The number of likely N-dealkylation sites (tertiary alicyclic amines) is 1. The highest BCUT2D eigenvalue weighted by atomic mass is 16.5. The molecular weight excluding hydrogens is 308 g/mol. The molecule has 1 amide bonds. The van der Waals surface area contributed by atoms with Crippen molar-refractivity contribution in [2.24, 2.45) is 5.92 Å². The van der Waals surface area contributed by atoms with E-state index in [0.29, 0.717) is 36.0 Å². The summed E-state index contributed by atoms with van der Waals surface area (Å²) in [5.74, 6) is 0.0166. The van der Waals surface area contributed by atoms with E-state index in [1.807, 2.05) is 12.1 Å². The second-order valence-electron chi connectivity index (χ2n) is 6.22. The van der Waals surface area contributed by atoms with Crippen LogP contribution < -0.4 is 0 Å². The van der Waals surface area contributed by atoms with Crippen LogP contribution in [0.15, 0.2) is 34.9 Å². The van der Waals surface area contributed by atoms with Crippen molar-refractivity contribution in [1.29, 1.82) is 0 Å². The normalized spacial score (nSPS) is 15.5. The fourth-order valence-electron chi connectivity index (χ4n) is 3.19. The number of aromatic nitrogens is 1. The van der Waals surface area contributed by atoms with Gasteiger partial charge in [-0.25, -0.2) is 4.79 Å². The quantitative estimate of drug-likeness (QED) is 0.933. The number of nitrogens with zero attached hydrogens (tertiary/aromatic N) is 2. The molecule has 1 aliphatic heterocycles. The number of hydrogen-bond donors (Lipinski definition) is 1. The lowest BCUT2D eigenvalue weighted by Gasteiger charge is -2.31. The molecule has 2 heterocycles. The van der Waals surface area contributed by atoms with Crippen molar-refractivity contribution in [3.8, 4) is 0 Å². The van der Waals surface area contributed by atoms with Crippen molar-refractivity contribution in [3.63, 3.8) is 0 Å². The SMILES string of the molecule is Cc1cc(C(=O)N2CCC(Cc3ccccc3C(=O)O)CC2)no1. The van der Waals surface area contributed by atoms with Crippen molar-refractivity contribution >= 4 is 11.9 Å². The van der Waals surface area contributed by atoms with Gasteiger partial charge in [0.2, 0.25) is 0 Å². The number of aromatic carboxylic acids is 1. The average Bonchev–Trinajstić information content (AvgIpc) is 3.02.